The summed E-state index contributed by atoms with van der Waals surface area (Å²) in [5.74, 6) is 0. The van der Waals surface area contributed by atoms with E-state index in [9.17, 15) is 9.70 Å². The normalized spacial score (nSPS) is 10.2. The Balaban J connectivity index is 2.39. The van der Waals surface area contributed by atoms with Gasteiger partial charge in [-0.25, -0.2) is 4.98 Å². The van der Waals surface area contributed by atoms with Gasteiger partial charge >= 0.3 is 0 Å². The van der Waals surface area contributed by atoms with Crippen LogP contribution in [0.2, 0.25) is 0 Å². The molecule has 6 nitrogen and oxygen atoms in total. The Labute approximate surface area is 118 Å². The number of rotatable bonds is 2. The maximum atomic E-state index is 12.4. The largest absolute Gasteiger partial charge is 0.274 e. The fraction of sp³-hybridized carbons (Fsp3) is 0. The lowest BCUT2D eigenvalue weighted by molar-refractivity contribution is 1.01. The first-order valence-corrected chi connectivity index (χ1v) is 6.09. The number of hydrogen-bond acceptors (Lipinski definition) is 5. The van der Waals surface area contributed by atoms with Gasteiger partial charge < -0.3 is 0 Å². The third kappa shape index (κ3) is 2.07. The fourth-order valence-corrected chi connectivity index (χ4v) is 2.12. The van der Waals surface area contributed by atoms with E-state index in [4.69, 9.17) is 5.26 Å². The van der Waals surface area contributed by atoms with Crippen molar-refractivity contribution < 1.29 is 0 Å². The van der Waals surface area contributed by atoms with Crippen LogP contribution < -0.4 is 5.56 Å². The molecule has 1 aromatic carbocycles. The highest BCUT2D eigenvalue weighted by molar-refractivity contribution is 5.78. The van der Waals surface area contributed by atoms with E-state index in [0.717, 1.165) is 0 Å². The van der Waals surface area contributed by atoms with Crippen LogP contribution in [0.15, 0.2) is 58.6 Å². The number of pyridine rings is 2. The summed E-state index contributed by atoms with van der Waals surface area (Å²) in [4.78, 5) is 27.0. The van der Waals surface area contributed by atoms with Gasteiger partial charge in [0.2, 0.25) is 0 Å². The molecule has 0 saturated heterocycles. The van der Waals surface area contributed by atoms with Crippen LogP contribution in [0.1, 0.15) is 5.56 Å². The third-order valence-electron chi connectivity index (χ3n) is 3.10. The van der Waals surface area contributed by atoms with Crippen LogP contribution in [-0.2, 0) is 0 Å². The van der Waals surface area contributed by atoms with Crippen molar-refractivity contribution in [2.45, 2.75) is 0 Å². The average molecular weight is 276 g/mol. The van der Waals surface area contributed by atoms with Crippen LogP contribution in [0.4, 0.5) is 5.69 Å². The molecule has 21 heavy (non-hydrogen) atoms. The lowest BCUT2D eigenvalue weighted by Crippen LogP contribution is -2.21. The van der Waals surface area contributed by atoms with Gasteiger partial charge in [-0.05, 0) is 47.6 Å². The van der Waals surface area contributed by atoms with Crippen LogP contribution in [0.3, 0.4) is 0 Å². The summed E-state index contributed by atoms with van der Waals surface area (Å²) in [7, 11) is 0. The van der Waals surface area contributed by atoms with Crippen LogP contribution in [0.25, 0.3) is 16.7 Å². The average Bonchev–Trinajstić information content (AvgIpc) is 2.54. The molecule has 0 amide bonds. The van der Waals surface area contributed by atoms with Crippen molar-refractivity contribution in [2.75, 3.05) is 0 Å². The lowest BCUT2D eigenvalue weighted by Gasteiger charge is -2.09. The van der Waals surface area contributed by atoms with Crippen molar-refractivity contribution in [3.63, 3.8) is 0 Å². The summed E-state index contributed by atoms with van der Waals surface area (Å²) in [6.45, 7) is 0. The summed E-state index contributed by atoms with van der Waals surface area (Å²) < 4.78 is 1.35. The lowest BCUT2D eigenvalue weighted by atomic mass is 10.2. The molecule has 0 aliphatic heterocycles. The van der Waals surface area contributed by atoms with E-state index in [1.807, 2.05) is 6.07 Å². The molecule has 0 saturated carbocycles. The van der Waals surface area contributed by atoms with Gasteiger partial charge in [-0.1, -0.05) is 0 Å². The molecule has 0 bridgehead atoms. The molecule has 3 aromatic rings. The molecule has 100 valence electrons. The zero-order chi connectivity index (χ0) is 14.8. The molecule has 0 aliphatic carbocycles. The number of aromatic nitrogens is 2. The van der Waals surface area contributed by atoms with Gasteiger partial charge in [0, 0.05) is 11.6 Å². The zero-order valence-electron chi connectivity index (χ0n) is 10.7. The van der Waals surface area contributed by atoms with Crippen molar-refractivity contribution in [1.29, 1.82) is 5.26 Å². The van der Waals surface area contributed by atoms with Gasteiger partial charge in [0.1, 0.15) is 23.0 Å². The summed E-state index contributed by atoms with van der Waals surface area (Å²) in [6, 6.07) is 13.1. The minimum Gasteiger partial charge on any atom is -0.267 e. The first kappa shape index (κ1) is 12.7. The van der Waals surface area contributed by atoms with Gasteiger partial charge in [0.05, 0.1) is 5.69 Å². The van der Waals surface area contributed by atoms with Crippen LogP contribution in [0.5, 0.6) is 0 Å². The molecule has 2 heterocycles. The van der Waals surface area contributed by atoms with Crippen LogP contribution in [-0.4, -0.2) is 9.55 Å². The van der Waals surface area contributed by atoms with Crippen molar-refractivity contribution in [2.24, 2.45) is 5.18 Å². The molecular formula is C15H8N4O2. The van der Waals surface area contributed by atoms with E-state index in [1.54, 1.807) is 30.5 Å². The highest BCUT2D eigenvalue weighted by Gasteiger charge is 2.11. The van der Waals surface area contributed by atoms with Gasteiger partial charge in [-0.15, -0.1) is 4.91 Å². The topological polar surface area (TPSA) is 88.1 Å². The second-order valence-electron chi connectivity index (χ2n) is 4.33. The maximum Gasteiger partial charge on any atom is 0.274 e. The Morgan fingerprint density at radius 2 is 1.95 bits per heavy atom. The number of nitriles is 1. The number of hydrogen-bond donors (Lipinski definition) is 0. The highest BCUT2D eigenvalue weighted by Crippen LogP contribution is 2.18. The first-order valence-electron chi connectivity index (χ1n) is 6.09. The predicted octanol–water partition coefficient (Wildman–Crippen LogP) is 2.66. The van der Waals surface area contributed by atoms with Gasteiger partial charge in [-0.3, -0.25) is 9.36 Å². The van der Waals surface area contributed by atoms with Crippen LogP contribution in [0, 0.1) is 16.2 Å². The fourth-order valence-electron chi connectivity index (χ4n) is 2.12. The highest BCUT2D eigenvalue weighted by atomic mass is 16.3. The quantitative estimate of drug-likeness (QED) is 0.673. The van der Waals surface area contributed by atoms with E-state index in [-0.39, 0.29) is 11.3 Å². The Morgan fingerprint density at radius 1 is 1.19 bits per heavy atom. The summed E-state index contributed by atoms with van der Waals surface area (Å²) in [6.07, 6.45) is 1.58. The minimum atomic E-state index is -0.449. The number of nitroso groups, excluding NO2 is 1. The van der Waals surface area contributed by atoms with Gasteiger partial charge in [-0.2, -0.15) is 5.26 Å². The molecule has 0 unspecified atom stereocenters. The molecule has 0 N–H and O–H groups in total. The van der Waals surface area contributed by atoms with E-state index >= 15 is 0 Å². The SMILES string of the molecule is N#Cc1cc2cccnc2n(-c2ccc(N=O)cc2)c1=O. The van der Waals surface area contributed by atoms with E-state index in [0.29, 0.717) is 16.7 Å². The standard InChI is InChI=1S/C15H8N4O2/c16-9-11-8-10-2-1-7-17-14(10)19(15(11)20)13-5-3-12(18-21)4-6-13/h1-8H. The Bertz CT molecular complexity index is 937. The summed E-state index contributed by atoms with van der Waals surface area (Å²) in [5.41, 5.74) is 0.825. The van der Waals surface area contributed by atoms with Gasteiger partial charge in [0.25, 0.3) is 5.56 Å². The monoisotopic (exact) mass is 276 g/mol. The maximum absolute atomic E-state index is 12.4. The van der Waals surface area contributed by atoms with E-state index < -0.39 is 5.56 Å². The molecule has 0 atom stereocenters. The predicted molar refractivity (Wildman–Crippen MR) is 77.5 cm³/mol. The number of benzene rings is 1. The Morgan fingerprint density at radius 3 is 2.62 bits per heavy atom. The Hall–Kier alpha value is -3.33. The first-order chi connectivity index (χ1) is 10.2. The molecule has 2 aromatic heterocycles. The molecule has 0 aliphatic rings. The number of fused-ring (bicyclic) bond motifs is 1. The van der Waals surface area contributed by atoms with Crippen molar-refractivity contribution in [3.8, 4) is 11.8 Å². The molecule has 0 fully saturated rings. The summed E-state index contributed by atoms with van der Waals surface area (Å²) in [5, 5.41) is 12.6. The van der Waals surface area contributed by atoms with E-state index in [2.05, 4.69) is 10.2 Å². The van der Waals surface area contributed by atoms with Gasteiger partial charge in [0.15, 0.2) is 0 Å². The second kappa shape index (κ2) is 4.98. The molecular weight excluding hydrogens is 268 g/mol. The van der Waals surface area contributed by atoms with Crippen molar-refractivity contribution in [3.05, 3.63) is 69.5 Å². The van der Waals surface area contributed by atoms with E-state index in [1.165, 1.54) is 22.8 Å². The van der Waals surface area contributed by atoms with Crippen molar-refractivity contribution >= 4 is 16.7 Å². The summed E-state index contributed by atoms with van der Waals surface area (Å²) >= 11 is 0. The Kier molecular flexibility index (Phi) is 3.01. The molecule has 0 radical (unpaired) electrons. The smallest absolute Gasteiger partial charge is 0.267 e. The third-order valence-corrected chi connectivity index (χ3v) is 3.10. The van der Waals surface area contributed by atoms with Crippen molar-refractivity contribution in [1.82, 2.24) is 9.55 Å². The van der Waals surface area contributed by atoms with Crippen LogP contribution >= 0.6 is 0 Å². The second-order valence-corrected chi connectivity index (χ2v) is 4.33. The molecule has 6 heteroatoms. The zero-order valence-corrected chi connectivity index (χ0v) is 10.7. The molecule has 0 spiro atoms. The minimum absolute atomic E-state index is 0.0353. The number of nitrogens with zero attached hydrogens (tertiary/aromatic N) is 4. The molecule has 3 rings (SSSR count).